The molecule has 16 heavy (non-hydrogen) atoms. The van der Waals surface area contributed by atoms with Crippen molar-refractivity contribution in [3.05, 3.63) is 29.8 Å². The van der Waals surface area contributed by atoms with Crippen LogP contribution in [0.4, 0.5) is 0 Å². The van der Waals surface area contributed by atoms with E-state index in [1.54, 1.807) is 0 Å². The van der Waals surface area contributed by atoms with Gasteiger partial charge in [0, 0.05) is 0 Å². The number of benzene rings is 1. The molecule has 0 aliphatic heterocycles. The Kier molecular flexibility index (Phi) is 2.94. The van der Waals surface area contributed by atoms with Gasteiger partial charge < -0.3 is 9.84 Å². The van der Waals surface area contributed by atoms with E-state index in [2.05, 4.69) is 0 Å². The topological polar surface area (TPSA) is 29.5 Å². The van der Waals surface area contributed by atoms with E-state index in [1.165, 1.54) is 0 Å². The van der Waals surface area contributed by atoms with E-state index < -0.39 is 5.60 Å². The van der Waals surface area contributed by atoms with Crippen LogP contribution in [0, 0.1) is 5.92 Å². The van der Waals surface area contributed by atoms with Gasteiger partial charge in [0.15, 0.2) is 0 Å². The van der Waals surface area contributed by atoms with Gasteiger partial charge in [-0.25, -0.2) is 0 Å². The zero-order chi connectivity index (χ0) is 11.8. The molecule has 0 heterocycles. The fourth-order valence-electron chi connectivity index (χ4n) is 2.04. The lowest BCUT2D eigenvalue weighted by molar-refractivity contribution is 0.0327. The molecule has 0 saturated heterocycles. The summed E-state index contributed by atoms with van der Waals surface area (Å²) >= 11 is 0. The van der Waals surface area contributed by atoms with E-state index >= 15 is 0 Å². The Morgan fingerprint density at radius 1 is 1.38 bits per heavy atom. The molecule has 1 N–H and O–H groups in total. The van der Waals surface area contributed by atoms with Gasteiger partial charge in [-0.2, -0.15) is 0 Å². The molecule has 1 unspecified atom stereocenters. The molecular formula is C14H20O2. The predicted molar refractivity (Wildman–Crippen MR) is 64.5 cm³/mol. The van der Waals surface area contributed by atoms with Gasteiger partial charge >= 0.3 is 0 Å². The van der Waals surface area contributed by atoms with E-state index in [9.17, 15) is 5.11 Å². The fraction of sp³-hybridized carbons (Fsp3) is 0.571. The Morgan fingerprint density at radius 2 is 2.06 bits per heavy atom. The third-order valence-corrected chi connectivity index (χ3v) is 3.16. The van der Waals surface area contributed by atoms with Gasteiger partial charge in [-0.3, -0.25) is 0 Å². The molecule has 88 valence electrons. The molecule has 1 aliphatic rings. The fourth-order valence-corrected chi connectivity index (χ4v) is 2.04. The standard InChI is InChI=1S/C14H20O2/c1-10(2)16-13-6-4-5-12(9-13)14(3,15)11-7-8-11/h4-6,9-11,15H,7-8H2,1-3H3. The summed E-state index contributed by atoms with van der Waals surface area (Å²) in [4.78, 5) is 0. The molecule has 0 bridgehead atoms. The van der Waals surface area contributed by atoms with Crippen molar-refractivity contribution in [3.63, 3.8) is 0 Å². The first-order chi connectivity index (χ1) is 7.50. The van der Waals surface area contributed by atoms with Gasteiger partial charge in [0.05, 0.1) is 11.7 Å². The molecule has 0 aromatic heterocycles. The Bertz CT molecular complexity index is 365. The summed E-state index contributed by atoms with van der Waals surface area (Å²) in [5, 5.41) is 10.4. The van der Waals surface area contributed by atoms with Crippen molar-refractivity contribution < 1.29 is 9.84 Å². The summed E-state index contributed by atoms with van der Waals surface area (Å²) in [6.07, 6.45) is 2.42. The van der Waals surface area contributed by atoms with Crippen LogP contribution in [0.3, 0.4) is 0 Å². The lowest BCUT2D eigenvalue weighted by Crippen LogP contribution is -2.23. The molecule has 1 aliphatic carbocycles. The third kappa shape index (κ3) is 2.38. The van der Waals surface area contributed by atoms with Crippen LogP contribution in [-0.2, 0) is 5.60 Å². The monoisotopic (exact) mass is 220 g/mol. The predicted octanol–water partition coefficient (Wildman–Crippen LogP) is 3.09. The van der Waals surface area contributed by atoms with Crippen LogP contribution < -0.4 is 4.74 Å². The van der Waals surface area contributed by atoms with Gasteiger partial charge in [-0.1, -0.05) is 12.1 Å². The van der Waals surface area contributed by atoms with Crippen molar-refractivity contribution in [2.45, 2.75) is 45.3 Å². The molecule has 2 heteroatoms. The molecule has 0 spiro atoms. The van der Waals surface area contributed by atoms with E-state index in [4.69, 9.17) is 4.74 Å². The Balaban J connectivity index is 2.21. The molecule has 2 rings (SSSR count). The summed E-state index contributed by atoms with van der Waals surface area (Å²) in [6.45, 7) is 5.91. The van der Waals surface area contributed by atoms with Crippen LogP contribution in [0.2, 0.25) is 0 Å². The summed E-state index contributed by atoms with van der Waals surface area (Å²) in [6, 6.07) is 7.82. The first-order valence-corrected chi connectivity index (χ1v) is 5.99. The Morgan fingerprint density at radius 3 is 2.62 bits per heavy atom. The molecule has 1 fully saturated rings. The van der Waals surface area contributed by atoms with Crippen molar-refractivity contribution in [2.24, 2.45) is 5.92 Å². The second-order valence-electron chi connectivity index (χ2n) is 5.12. The van der Waals surface area contributed by atoms with Crippen molar-refractivity contribution in [1.29, 1.82) is 0 Å². The summed E-state index contributed by atoms with van der Waals surface area (Å²) < 4.78 is 5.64. The second kappa shape index (κ2) is 4.10. The number of aliphatic hydroxyl groups is 1. The summed E-state index contributed by atoms with van der Waals surface area (Å²) in [5.41, 5.74) is 0.268. The normalized spacial score (nSPS) is 19.6. The van der Waals surface area contributed by atoms with Crippen LogP contribution in [0.1, 0.15) is 39.2 Å². The summed E-state index contributed by atoms with van der Waals surface area (Å²) in [5.74, 6) is 1.26. The molecule has 1 saturated carbocycles. The first kappa shape index (κ1) is 11.5. The highest BCUT2D eigenvalue weighted by Crippen LogP contribution is 2.45. The highest BCUT2D eigenvalue weighted by Gasteiger charge is 2.41. The van der Waals surface area contributed by atoms with Crippen molar-refractivity contribution in [3.8, 4) is 5.75 Å². The van der Waals surface area contributed by atoms with Crippen molar-refractivity contribution in [1.82, 2.24) is 0 Å². The maximum absolute atomic E-state index is 10.4. The Labute approximate surface area is 97.3 Å². The van der Waals surface area contributed by atoms with Gasteiger partial charge in [0.25, 0.3) is 0 Å². The minimum absolute atomic E-state index is 0.168. The maximum Gasteiger partial charge on any atom is 0.120 e. The van der Waals surface area contributed by atoms with Gasteiger partial charge in [-0.05, 0) is 57.2 Å². The highest BCUT2D eigenvalue weighted by atomic mass is 16.5. The molecule has 1 aromatic rings. The SMILES string of the molecule is CC(C)Oc1cccc(C(C)(O)C2CC2)c1. The average molecular weight is 220 g/mol. The van der Waals surface area contributed by atoms with Crippen molar-refractivity contribution >= 4 is 0 Å². The molecule has 1 aromatic carbocycles. The third-order valence-electron chi connectivity index (χ3n) is 3.16. The highest BCUT2D eigenvalue weighted by molar-refractivity contribution is 5.33. The number of ether oxygens (including phenoxy) is 1. The smallest absolute Gasteiger partial charge is 0.120 e. The lowest BCUT2D eigenvalue weighted by Gasteiger charge is -2.24. The molecule has 0 radical (unpaired) electrons. The Hall–Kier alpha value is -1.02. The first-order valence-electron chi connectivity index (χ1n) is 5.99. The molecule has 2 nitrogen and oxygen atoms in total. The second-order valence-corrected chi connectivity index (χ2v) is 5.12. The van der Waals surface area contributed by atoms with Crippen molar-refractivity contribution in [2.75, 3.05) is 0 Å². The lowest BCUT2D eigenvalue weighted by atomic mass is 9.91. The minimum Gasteiger partial charge on any atom is -0.491 e. The van der Waals surface area contributed by atoms with E-state index in [-0.39, 0.29) is 6.10 Å². The van der Waals surface area contributed by atoms with Crippen LogP contribution >= 0.6 is 0 Å². The molecule has 1 atom stereocenters. The summed E-state index contributed by atoms with van der Waals surface area (Å²) in [7, 11) is 0. The van der Waals surface area contributed by atoms with E-state index in [0.717, 1.165) is 24.2 Å². The number of hydrogen-bond donors (Lipinski definition) is 1. The molecule has 0 amide bonds. The largest absolute Gasteiger partial charge is 0.491 e. The molecular weight excluding hydrogens is 200 g/mol. The minimum atomic E-state index is -0.698. The maximum atomic E-state index is 10.4. The average Bonchev–Trinajstić information content (AvgIpc) is 3.00. The van der Waals surface area contributed by atoms with Crippen LogP contribution in [0.5, 0.6) is 5.75 Å². The quantitative estimate of drug-likeness (QED) is 0.845. The zero-order valence-corrected chi connectivity index (χ0v) is 10.2. The van der Waals surface area contributed by atoms with E-state index in [0.29, 0.717) is 5.92 Å². The van der Waals surface area contributed by atoms with Crippen LogP contribution in [0.15, 0.2) is 24.3 Å². The number of hydrogen-bond acceptors (Lipinski definition) is 2. The number of rotatable bonds is 4. The van der Waals surface area contributed by atoms with Crippen LogP contribution in [0.25, 0.3) is 0 Å². The van der Waals surface area contributed by atoms with E-state index in [1.807, 2.05) is 45.0 Å². The zero-order valence-electron chi connectivity index (χ0n) is 10.2. The van der Waals surface area contributed by atoms with Crippen LogP contribution in [-0.4, -0.2) is 11.2 Å². The van der Waals surface area contributed by atoms with Gasteiger partial charge in [-0.15, -0.1) is 0 Å². The van der Waals surface area contributed by atoms with Gasteiger partial charge in [0.1, 0.15) is 5.75 Å². The van der Waals surface area contributed by atoms with Gasteiger partial charge in [0.2, 0.25) is 0 Å².